The minimum atomic E-state index is -0.0832. The van der Waals surface area contributed by atoms with E-state index in [-0.39, 0.29) is 5.56 Å². The number of hydrogen-bond donors (Lipinski definition) is 0. The van der Waals surface area contributed by atoms with Gasteiger partial charge < -0.3 is 0 Å². The lowest BCUT2D eigenvalue weighted by Gasteiger charge is -2.21. The van der Waals surface area contributed by atoms with Crippen molar-refractivity contribution in [1.82, 2.24) is 19.5 Å². The van der Waals surface area contributed by atoms with Gasteiger partial charge in [-0.05, 0) is 24.9 Å². The van der Waals surface area contributed by atoms with Crippen LogP contribution < -0.4 is 5.56 Å². The van der Waals surface area contributed by atoms with E-state index in [1.165, 1.54) is 21.4 Å². The molecule has 0 atom stereocenters. The van der Waals surface area contributed by atoms with E-state index in [1.807, 2.05) is 6.07 Å². The van der Waals surface area contributed by atoms with Crippen LogP contribution in [-0.4, -0.2) is 26.0 Å². The topological polar surface area (TPSA) is 50.5 Å². The molecule has 3 aromatic rings. The van der Waals surface area contributed by atoms with Crippen molar-refractivity contribution in [2.24, 2.45) is 0 Å². The molecule has 0 unspecified atom stereocenters. The van der Waals surface area contributed by atoms with Crippen molar-refractivity contribution in [2.75, 3.05) is 6.54 Å². The predicted molar refractivity (Wildman–Crippen MR) is 107 cm³/mol. The van der Waals surface area contributed by atoms with E-state index in [0.29, 0.717) is 11.5 Å². The van der Waals surface area contributed by atoms with E-state index in [2.05, 4.69) is 48.1 Å². The Kier molecular flexibility index (Phi) is 6.52. The van der Waals surface area contributed by atoms with Crippen LogP contribution in [0.5, 0.6) is 0 Å². The molecule has 2 aromatic heterocycles. The summed E-state index contributed by atoms with van der Waals surface area (Å²) in [7, 11) is 0. The monoisotopic (exact) mass is 370 g/mol. The number of unbranched alkanes of at least 4 members (excludes halogenated alkanes) is 1. The zero-order valence-corrected chi connectivity index (χ0v) is 16.3. The first kappa shape index (κ1) is 18.7. The van der Waals surface area contributed by atoms with Gasteiger partial charge >= 0.3 is 0 Å². The van der Waals surface area contributed by atoms with Gasteiger partial charge in [-0.3, -0.25) is 9.69 Å². The van der Waals surface area contributed by atoms with Crippen molar-refractivity contribution in [3.8, 4) is 0 Å². The standard InChI is InChI=1S/C20H26N4OS/c1-3-5-11-18-22-24-19(25)13-17(21-20(24)26-18)15-23(12-4-2)14-16-9-7-6-8-10-16/h6-10,13H,3-5,11-12,14-15H2,1-2H3. The van der Waals surface area contributed by atoms with Crippen LogP contribution in [0.15, 0.2) is 41.2 Å². The molecule has 0 aliphatic rings. The van der Waals surface area contributed by atoms with Crippen molar-refractivity contribution in [3.63, 3.8) is 0 Å². The first-order chi connectivity index (χ1) is 12.7. The molecule has 0 aliphatic carbocycles. The Morgan fingerprint density at radius 3 is 2.65 bits per heavy atom. The number of hydrogen-bond acceptors (Lipinski definition) is 5. The summed E-state index contributed by atoms with van der Waals surface area (Å²) in [5, 5.41) is 5.41. The summed E-state index contributed by atoms with van der Waals surface area (Å²) in [4.78, 5) is 20.2. The molecule has 0 saturated heterocycles. The van der Waals surface area contributed by atoms with Gasteiger partial charge in [0.25, 0.3) is 5.56 Å². The largest absolute Gasteiger partial charge is 0.293 e. The third-order valence-electron chi connectivity index (χ3n) is 4.26. The molecule has 2 heterocycles. The van der Waals surface area contributed by atoms with E-state index in [0.717, 1.165) is 49.5 Å². The fraction of sp³-hybridized carbons (Fsp3) is 0.450. The zero-order chi connectivity index (χ0) is 18.4. The van der Waals surface area contributed by atoms with Crippen LogP contribution in [0, 0.1) is 0 Å². The van der Waals surface area contributed by atoms with Gasteiger partial charge in [-0.15, -0.1) is 0 Å². The molecule has 138 valence electrons. The highest BCUT2D eigenvalue weighted by atomic mass is 32.1. The van der Waals surface area contributed by atoms with Gasteiger partial charge in [0.05, 0.1) is 5.69 Å². The Hall–Kier alpha value is -2.05. The van der Waals surface area contributed by atoms with Gasteiger partial charge in [0.1, 0.15) is 5.01 Å². The Labute approximate surface area is 158 Å². The Morgan fingerprint density at radius 1 is 1.12 bits per heavy atom. The Morgan fingerprint density at radius 2 is 1.92 bits per heavy atom. The van der Waals surface area contributed by atoms with Gasteiger partial charge in [-0.1, -0.05) is 61.9 Å². The fourth-order valence-corrected chi connectivity index (χ4v) is 3.97. The first-order valence-corrected chi connectivity index (χ1v) is 10.2. The molecule has 3 rings (SSSR count). The van der Waals surface area contributed by atoms with Gasteiger partial charge in [0.2, 0.25) is 4.96 Å². The fourth-order valence-electron chi connectivity index (χ4n) is 3.01. The lowest BCUT2D eigenvalue weighted by Crippen LogP contribution is -2.26. The normalized spacial score (nSPS) is 11.5. The van der Waals surface area contributed by atoms with E-state index in [9.17, 15) is 4.79 Å². The second-order valence-corrected chi connectivity index (χ2v) is 7.62. The van der Waals surface area contributed by atoms with Crippen LogP contribution in [0.25, 0.3) is 4.96 Å². The molecule has 0 amide bonds. The highest BCUT2D eigenvalue weighted by Crippen LogP contribution is 2.15. The molecule has 5 nitrogen and oxygen atoms in total. The van der Waals surface area contributed by atoms with E-state index >= 15 is 0 Å². The SMILES string of the molecule is CCCCc1nn2c(=O)cc(CN(CCC)Cc3ccccc3)nc2s1. The third kappa shape index (κ3) is 4.77. The zero-order valence-electron chi connectivity index (χ0n) is 15.5. The van der Waals surface area contributed by atoms with Gasteiger partial charge in [0, 0.05) is 25.6 Å². The molecular weight excluding hydrogens is 344 g/mol. The smallest absolute Gasteiger partial charge is 0.275 e. The van der Waals surface area contributed by atoms with Gasteiger partial charge in [-0.25, -0.2) is 4.98 Å². The number of fused-ring (bicyclic) bond motifs is 1. The number of aromatic nitrogens is 3. The quantitative estimate of drug-likeness (QED) is 0.573. The predicted octanol–water partition coefficient (Wildman–Crippen LogP) is 3.91. The number of benzene rings is 1. The van der Waals surface area contributed by atoms with Crippen molar-refractivity contribution in [3.05, 3.63) is 63.0 Å². The molecule has 26 heavy (non-hydrogen) atoms. The van der Waals surface area contributed by atoms with Crippen molar-refractivity contribution in [2.45, 2.75) is 52.6 Å². The summed E-state index contributed by atoms with van der Waals surface area (Å²) in [5.74, 6) is 0. The molecule has 0 radical (unpaired) electrons. The molecule has 6 heteroatoms. The maximum atomic E-state index is 12.4. The Balaban J connectivity index is 1.80. The summed E-state index contributed by atoms with van der Waals surface area (Å²) in [5.41, 5.74) is 2.02. The van der Waals surface area contributed by atoms with Crippen LogP contribution in [0.4, 0.5) is 0 Å². The Bertz CT molecular complexity index is 888. The van der Waals surface area contributed by atoms with Gasteiger partial charge in [-0.2, -0.15) is 9.61 Å². The van der Waals surface area contributed by atoms with Gasteiger partial charge in [0.15, 0.2) is 0 Å². The van der Waals surface area contributed by atoms with Crippen LogP contribution in [0.3, 0.4) is 0 Å². The van der Waals surface area contributed by atoms with Crippen LogP contribution in [-0.2, 0) is 19.5 Å². The van der Waals surface area contributed by atoms with Crippen molar-refractivity contribution < 1.29 is 0 Å². The number of nitrogens with zero attached hydrogens (tertiary/aromatic N) is 4. The summed E-state index contributed by atoms with van der Waals surface area (Å²) >= 11 is 1.53. The van der Waals surface area contributed by atoms with Crippen LogP contribution in [0.1, 0.15) is 49.4 Å². The summed E-state index contributed by atoms with van der Waals surface area (Å²) in [6.45, 7) is 6.84. The first-order valence-electron chi connectivity index (χ1n) is 9.34. The highest BCUT2D eigenvalue weighted by molar-refractivity contribution is 7.16. The van der Waals surface area contributed by atoms with E-state index < -0.39 is 0 Å². The van der Waals surface area contributed by atoms with Crippen LogP contribution in [0.2, 0.25) is 0 Å². The molecule has 1 aromatic carbocycles. The van der Waals surface area contributed by atoms with E-state index in [4.69, 9.17) is 4.98 Å². The van der Waals surface area contributed by atoms with Crippen molar-refractivity contribution in [1.29, 1.82) is 0 Å². The summed E-state index contributed by atoms with van der Waals surface area (Å²) in [6.07, 6.45) is 4.18. The summed E-state index contributed by atoms with van der Waals surface area (Å²) in [6, 6.07) is 12.1. The van der Waals surface area contributed by atoms with Crippen molar-refractivity contribution >= 4 is 16.3 Å². The second-order valence-electron chi connectivity index (χ2n) is 6.58. The lowest BCUT2D eigenvalue weighted by atomic mass is 10.2. The molecule has 0 fully saturated rings. The minimum Gasteiger partial charge on any atom is -0.293 e. The highest BCUT2D eigenvalue weighted by Gasteiger charge is 2.12. The molecule has 0 saturated carbocycles. The molecular formula is C20H26N4OS. The maximum Gasteiger partial charge on any atom is 0.275 e. The second kappa shape index (κ2) is 9.05. The molecule has 0 aliphatic heterocycles. The third-order valence-corrected chi connectivity index (χ3v) is 5.23. The molecule has 0 spiro atoms. The number of aryl methyl sites for hydroxylation is 1. The molecule has 0 N–H and O–H groups in total. The average molecular weight is 371 g/mol. The number of rotatable bonds is 9. The van der Waals surface area contributed by atoms with Crippen LogP contribution >= 0.6 is 11.3 Å². The van der Waals surface area contributed by atoms with E-state index in [1.54, 1.807) is 6.07 Å². The average Bonchev–Trinajstić information content (AvgIpc) is 3.04. The maximum absolute atomic E-state index is 12.4. The summed E-state index contributed by atoms with van der Waals surface area (Å²) < 4.78 is 1.44. The molecule has 0 bridgehead atoms. The minimum absolute atomic E-state index is 0.0832. The lowest BCUT2D eigenvalue weighted by molar-refractivity contribution is 0.254.